The topological polar surface area (TPSA) is 32.3 Å². The second-order valence-electron chi connectivity index (χ2n) is 6.60. The molecule has 0 aliphatic carbocycles. The molecule has 1 aromatic carbocycles. The highest BCUT2D eigenvalue weighted by molar-refractivity contribution is 5.99. The van der Waals surface area contributed by atoms with E-state index in [2.05, 4.69) is 37.4 Å². The van der Waals surface area contributed by atoms with E-state index >= 15 is 0 Å². The molecule has 3 rings (SSSR count). The number of carbonyl (C=O) groups is 1. The van der Waals surface area contributed by atoms with E-state index in [0.29, 0.717) is 5.92 Å². The summed E-state index contributed by atoms with van der Waals surface area (Å²) in [6, 6.07) is 8.30. The number of nitrogens with zero attached hydrogens (tertiary/aromatic N) is 1. The Kier molecular flexibility index (Phi) is 3.55. The van der Waals surface area contributed by atoms with Crippen LogP contribution in [0.15, 0.2) is 24.3 Å². The summed E-state index contributed by atoms with van der Waals surface area (Å²) in [6.45, 7) is 7.13. The van der Waals surface area contributed by atoms with Crippen molar-refractivity contribution in [2.75, 3.05) is 24.5 Å². The van der Waals surface area contributed by atoms with Crippen molar-refractivity contribution in [2.24, 2.45) is 11.3 Å². The molecule has 3 nitrogen and oxygen atoms in total. The van der Waals surface area contributed by atoms with Crippen molar-refractivity contribution in [1.82, 2.24) is 5.32 Å². The second kappa shape index (κ2) is 5.21. The average Bonchev–Trinajstić information content (AvgIpc) is 2.91. The molecule has 1 unspecified atom stereocenters. The third-order valence-corrected chi connectivity index (χ3v) is 5.00. The molecule has 1 aromatic rings. The molecule has 0 aromatic heterocycles. The van der Waals surface area contributed by atoms with E-state index in [4.69, 9.17) is 0 Å². The number of para-hydroxylation sites is 1. The van der Waals surface area contributed by atoms with Crippen LogP contribution in [0.3, 0.4) is 0 Å². The lowest BCUT2D eigenvalue weighted by Gasteiger charge is -2.38. The zero-order valence-electron chi connectivity index (χ0n) is 12.5. The summed E-state index contributed by atoms with van der Waals surface area (Å²) >= 11 is 0. The molecule has 0 radical (unpaired) electrons. The fourth-order valence-electron chi connectivity index (χ4n) is 3.54. The molecule has 1 N–H and O–H groups in total. The van der Waals surface area contributed by atoms with E-state index in [1.54, 1.807) is 0 Å². The van der Waals surface area contributed by atoms with Gasteiger partial charge in [-0.2, -0.15) is 0 Å². The highest BCUT2D eigenvalue weighted by Gasteiger charge is 2.41. The normalized spacial score (nSPS) is 22.7. The van der Waals surface area contributed by atoms with Crippen molar-refractivity contribution in [1.29, 1.82) is 0 Å². The first-order valence-electron chi connectivity index (χ1n) is 7.71. The first kappa shape index (κ1) is 13.6. The molecule has 0 spiro atoms. The van der Waals surface area contributed by atoms with E-state index < -0.39 is 0 Å². The Morgan fingerprint density at radius 2 is 2.15 bits per heavy atom. The van der Waals surface area contributed by atoms with Crippen LogP contribution in [0.25, 0.3) is 0 Å². The van der Waals surface area contributed by atoms with E-state index in [-0.39, 0.29) is 11.3 Å². The maximum Gasteiger partial charge on any atom is 0.232 e. The van der Waals surface area contributed by atoms with Gasteiger partial charge in [0.2, 0.25) is 5.91 Å². The van der Waals surface area contributed by atoms with Crippen LogP contribution >= 0.6 is 0 Å². The molecular weight excluding hydrogens is 248 g/mol. The van der Waals surface area contributed by atoms with Crippen LogP contribution in [0.1, 0.15) is 32.3 Å². The number of piperidine rings is 1. The van der Waals surface area contributed by atoms with Crippen LogP contribution in [0.4, 0.5) is 5.69 Å². The van der Waals surface area contributed by atoms with Crippen LogP contribution in [0.5, 0.6) is 0 Å². The van der Waals surface area contributed by atoms with Crippen LogP contribution in [0, 0.1) is 11.3 Å². The third kappa shape index (κ3) is 2.24. The van der Waals surface area contributed by atoms with Gasteiger partial charge in [-0.05, 0) is 49.9 Å². The van der Waals surface area contributed by atoms with Gasteiger partial charge in [0, 0.05) is 17.6 Å². The Balaban J connectivity index is 1.82. The summed E-state index contributed by atoms with van der Waals surface area (Å²) in [4.78, 5) is 15.0. The van der Waals surface area contributed by atoms with Crippen molar-refractivity contribution in [3.8, 4) is 0 Å². The lowest BCUT2D eigenvalue weighted by Crippen LogP contribution is -2.48. The average molecular weight is 272 g/mol. The van der Waals surface area contributed by atoms with Crippen molar-refractivity contribution in [3.05, 3.63) is 29.8 Å². The minimum Gasteiger partial charge on any atom is -0.316 e. The molecule has 2 aliphatic rings. The number of benzene rings is 1. The van der Waals surface area contributed by atoms with E-state index in [0.717, 1.165) is 38.2 Å². The molecule has 2 heterocycles. The molecular formula is C17H24N2O. The summed E-state index contributed by atoms with van der Waals surface area (Å²) in [5.41, 5.74) is 2.14. The number of hydrogen-bond donors (Lipinski definition) is 1. The smallest absolute Gasteiger partial charge is 0.232 e. The second-order valence-corrected chi connectivity index (χ2v) is 6.60. The fraction of sp³-hybridized carbons (Fsp3) is 0.588. The van der Waals surface area contributed by atoms with Gasteiger partial charge in [0.05, 0.1) is 0 Å². The van der Waals surface area contributed by atoms with Crippen LogP contribution < -0.4 is 10.2 Å². The fourth-order valence-corrected chi connectivity index (χ4v) is 3.54. The van der Waals surface area contributed by atoms with Gasteiger partial charge in [-0.3, -0.25) is 4.79 Å². The molecule has 0 bridgehead atoms. The van der Waals surface area contributed by atoms with Crippen molar-refractivity contribution >= 4 is 11.6 Å². The predicted molar refractivity (Wildman–Crippen MR) is 81.9 cm³/mol. The first-order valence-corrected chi connectivity index (χ1v) is 7.71. The molecule has 1 fully saturated rings. The maximum absolute atomic E-state index is 13.0. The van der Waals surface area contributed by atoms with Crippen molar-refractivity contribution in [2.45, 2.75) is 33.1 Å². The number of nitrogens with one attached hydrogen (secondary N) is 1. The molecule has 1 amide bonds. The maximum atomic E-state index is 13.0. The highest BCUT2D eigenvalue weighted by Crippen LogP contribution is 2.37. The number of amides is 1. The zero-order valence-corrected chi connectivity index (χ0v) is 12.5. The summed E-state index contributed by atoms with van der Waals surface area (Å²) < 4.78 is 0. The minimum absolute atomic E-state index is 0.287. The number of anilines is 1. The van der Waals surface area contributed by atoms with Crippen LogP contribution in [0.2, 0.25) is 0 Å². The molecule has 1 atom stereocenters. The molecule has 0 saturated carbocycles. The Labute approximate surface area is 121 Å². The Bertz CT molecular complexity index is 503. The number of carbonyl (C=O) groups excluding carboxylic acids is 1. The summed E-state index contributed by atoms with van der Waals surface area (Å²) in [6.07, 6.45) is 3.32. The van der Waals surface area contributed by atoms with E-state index in [1.165, 1.54) is 12.0 Å². The van der Waals surface area contributed by atoms with Gasteiger partial charge < -0.3 is 10.2 Å². The summed E-state index contributed by atoms with van der Waals surface area (Å²) in [7, 11) is 0. The molecule has 3 heteroatoms. The SMILES string of the molecule is CC(C)(C(=O)N1CCc2ccccc21)C1CCCNC1. The Hall–Kier alpha value is -1.35. The van der Waals surface area contributed by atoms with Crippen molar-refractivity contribution in [3.63, 3.8) is 0 Å². The quantitative estimate of drug-likeness (QED) is 0.897. The first-order chi connectivity index (χ1) is 9.60. The number of fused-ring (bicyclic) bond motifs is 1. The highest BCUT2D eigenvalue weighted by atomic mass is 16.2. The summed E-state index contributed by atoms with van der Waals surface area (Å²) in [5, 5.41) is 3.43. The monoisotopic (exact) mass is 272 g/mol. The minimum atomic E-state index is -0.287. The Morgan fingerprint density at radius 3 is 2.90 bits per heavy atom. The van der Waals surface area contributed by atoms with Gasteiger partial charge in [-0.1, -0.05) is 32.0 Å². The molecule has 1 saturated heterocycles. The molecule has 20 heavy (non-hydrogen) atoms. The number of rotatable bonds is 2. The zero-order chi connectivity index (χ0) is 14.2. The van der Waals surface area contributed by atoms with Gasteiger partial charge >= 0.3 is 0 Å². The van der Waals surface area contributed by atoms with Gasteiger partial charge in [0.25, 0.3) is 0 Å². The predicted octanol–water partition coefficient (Wildman–Crippen LogP) is 2.60. The van der Waals surface area contributed by atoms with Gasteiger partial charge in [0.15, 0.2) is 0 Å². The van der Waals surface area contributed by atoms with Gasteiger partial charge in [-0.15, -0.1) is 0 Å². The molecule has 108 valence electrons. The van der Waals surface area contributed by atoms with Crippen molar-refractivity contribution < 1.29 is 4.79 Å². The van der Waals surface area contributed by atoms with E-state index in [9.17, 15) is 4.79 Å². The third-order valence-electron chi connectivity index (χ3n) is 5.00. The largest absolute Gasteiger partial charge is 0.316 e. The van der Waals surface area contributed by atoms with Crippen LogP contribution in [-0.4, -0.2) is 25.5 Å². The van der Waals surface area contributed by atoms with E-state index in [1.807, 2.05) is 11.0 Å². The Morgan fingerprint density at radius 1 is 1.35 bits per heavy atom. The lowest BCUT2D eigenvalue weighted by molar-refractivity contribution is -0.129. The van der Waals surface area contributed by atoms with Crippen LogP contribution in [-0.2, 0) is 11.2 Å². The van der Waals surface area contributed by atoms with Gasteiger partial charge in [0.1, 0.15) is 0 Å². The summed E-state index contributed by atoms with van der Waals surface area (Å²) in [5.74, 6) is 0.729. The standard InChI is InChI=1S/C17H24N2O/c1-17(2,14-7-5-10-18-12-14)16(20)19-11-9-13-6-3-4-8-15(13)19/h3-4,6,8,14,18H,5,7,9-12H2,1-2H3. The van der Waals surface area contributed by atoms with Gasteiger partial charge in [-0.25, -0.2) is 0 Å². The molecule has 2 aliphatic heterocycles. The lowest BCUT2D eigenvalue weighted by atomic mass is 9.74. The number of hydrogen-bond acceptors (Lipinski definition) is 2.